The Morgan fingerprint density at radius 2 is 1.85 bits per heavy atom. The molecule has 204 valence electrons. The lowest BCUT2D eigenvalue weighted by atomic mass is 10.1. The van der Waals surface area contributed by atoms with Gasteiger partial charge in [-0.3, -0.25) is 19.0 Å². The maximum Gasteiger partial charge on any atom is 0.387 e. The molecule has 11 heteroatoms. The Hall–Kier alpha value is -4.28. The van der Waals surface area contributed by atoms with E-state index in [0.29, 0.717) is 42.0 Å². The van der Waals surface area contributed by atoms with Crippen LogP contribution in [0, 0.1) is 6.92 Å². The molecular weight excluding hydrogens is 506 g/mol. The van der Waals surface area contributed by atoms with Crippen molar-refractivity contribution in [1.82, 2.24) is 24.2 Å². The Labute approximate surface area is 224 Å². The smallest absolute Gasteiger partial charge is 0.387 e. The van der Waals surface area contributed by atoms with Crippen LogP contribution in [0.1, 0.15) is 25.0 Å². The quantitative estimate of drug-likeness (QED) is 0.373. The van der Waals surface area contributed by atoms with E-state index in [9.17, 15) is 18.4 Å². The molecule has 1 aliphatic heterocycles. The van der Waals surface area contributed by atoms with Gasteiger partial charge in [0.05, 0.1) is 17.4 Å². The summed E-state index contributed by atoms with van der Waals surface area (Å²) in [6.45, 7) is 4.60. The molecule has 1 saturated heterocycles. The minimum Gasteiger partial charge on any atom is -0.434 e. The van der Waals surface area contributed by atoms with E-state index in [1.165, 1.54) is 10.7 Å². The number of carbonyl (C=O) groups is 1. The van der Waals surface area contributed by atoms with Crippen LogP contribution in [0.25, 0.3) is 22.0 Å². The monoisotopic (exact) mass is 536 g/mol. The van der Waals surface area contributed by atoms with Gasteiger partial charge in [-0.05, 0) is 37.6 Å². The standard InChI is InChI=1S/C28H30F2N6O3/c1-17-5-8-25(39-27(29)30)21(11-17)16-36-24-12-20(6-7-23(24)26(38)33(36)4)22-13-31-28(32-14-22)35-10-9-34(19(3)37)15-18(35)2/h5-8,11-14,18,27H,9-10,15-16H2,1-4H3/t18-/m1/s1. The van der Waals surface area contributed by atoms with Gasteiger partial charge in [0, 0.05) is 63.2 Å². The molecule has 3 heterocycles. The van der Waals surface area contributed by atoms with Gasteiger partial charge in [0.25, 0.3) is 5.56 Å². The zero-order chi connectivity index (χ0) is 27.8. The van der Waals surface area contributed by atoms with Crippen molar-refractivity contribution in [1.29, 1.82) is 0 Å². The number of benzene rings is 2. The van der Waals surface area contributed by atoms with Gasteiger partial charge in [-0.25, -0.2) is 9.97 Å². The van der Waals surface area contributed by atoms with Crippen molar-refractivity contribution in [3.8, 4) is 16.9 Å². The van der Waals surface area contributed by atoms with E-state index in [2.05, 4.69) is 14.9 Å². The van der Waals surface area contributed by atoms with Gasteiger partial charge in [-0.1, -0.05) is 23.8 Å². The van der Waals surface area contributed by atoms with Gasteiger partial charge >= 0.3 is 6.61 Å². The summed E-state index contributed by atoms with van der Waals surface area (Å²) in [5, 5.41) is 0.514. The van der Waals surface area contributed by atoms with Crippen molar-refractivity contribution in [3.05, 3.63) is 70.3 Å². The van der Waals surface area contributed by atoms with E-state index < -0.39 is 6.61 Å². The summed E-state index contributed by atoms with van der Waals surface area (Å²) in [7, 11) is 1.65. The molecule has 0 bridgehead atoms. The second-order valence-electron chi connectivity index (χ2n) is 9.89. The highest BCUT2D eigenvalue weighted by molar-refractivity contribution is 5.84. The largest absolute Gasteiger partial charge is 0.434 e. The molecule has 0 unspecified atom stereocenters. The van der Waals surface area contributed by atoms with E-state index in [0.717, 1.165) is 16.7 Å². The summed E-state index contributed by atoms with van der Waals surface area (Å²) in [4.78, 5) is 37.8. The summed E-state index contributed by atoms with van der Waals surface area (Å²) < 4.78 is 34.0. The average molecular weight is 537 g/mol. The Bertz CT molecular complexity index is 1580. The number of rotatable bonds is 6. The van der Waals surface area contributed by atoms with E-state index in [1.54, 1.807) is 49.2 Å². The zero-order valence-electron chi connectivity index (χ0n) is 22.3. The third-order valence-electron chi connectivity index (χ3n) is 7.22. The summed E-state index contributed by atoms with van der Waals surface area (Å²) >= 11 is 0. The lowest BCUT2D eigenvalue weighted by molar-refractivity contribution is -0.129. The summed E-state index contributed by atoms with van der Waals surface area (Å²) in [6.07, 6.45) is 3.49. The average Bonchev–Trinajstić information content (AvgIpc) is 3.14. The van der Waals surface area contributed by atoms with E-state index in [1.807, 2.05) is 30.9 Å². The topological polar surface area (TPSA) is 85.5 Å². The molecule has 1 atom stereocenters. The molecule has 4 aromatic rings. The number of aromatic nitrogens is 4. The molecule has 9 nitrogen and oxygen atoms in total. The fourth-order valence-corrected chi connectivity index (χ4v) is 5.11. The summed E-state index contributed by atoms with van der Waals surface area (Å²) in [6, 6.07) is 10.6. The highest BCUT2D eigenvalue weighted by Gasteiger charge is 2.26. The lowest BCUT2D eigenvalue weighted by Gasteiger charge is -2.39. The molecule has 5 rings (SSSR count). The fraction of sp³-hybridized carbons (Fsp3) is 0.357. The predicted octanol–water partition coefficient (Wildman–Crippen LogP) is 3.81. The fourth-order valence-electron chi connectivity index (χ4n) is 5.11. The van der Waals surface area contributed by atoms with E-state index >= 15 is 0 Å². The molecule has 0 radical (unpaired) electrons. The molecule has 0 N–H and O–H groups in total. The number of fused-ring (bicyclic) bond motifs is 1. The molecule has 0 saturated carbocycles. The number of amides is 1. The minimum absolute atomic E-state index is 0.0627. The Kier molecular flexibility index (Phi) is 7.07. The number of hydrogen-bond donors (Lipinski definition) is 0. The first-order valence-electron chi connectivity index (χ1n) is 12.7. The zero-order valence-corrected chi connectivity index (χ0v) is 22.3. The molecule has 2 aromatic heterocycles. The van der Waals surface area contributed by atoms with Crippen LogP contribution in [0.4, 0.5) is 14.7 Å². The first-order chi connectivity index (χ1) is 18.6. The van der Waals surface area contributed by atoms with Gasteiger partial charge in [0.2, 0.25) is 11.9 Å². The van der Waals surface area contributed by atoms with Crippen molar-refractivity contribution in [3.63, 3.8) is 0 Å². The number of carbonyl (C=O) groups excluding carboxylic acids is 1. The van der Waals surface area contributed by atoms with Gasteiger partial charge in [0.1, 0.15) is 5.75 Å². The van der Waals surface area contributed by atoms with Crippen LogP contribution >= 0.6 is 0 Å². The Morgan fingerprint density at radius 1 is 1.10 bits per heavy atom. The number of ether oxygens (including phenoxy) is 1. The van der Waals surface area contributed by atoms with Gasteiger partial charge in [-0.2, -0.15) is 8.78 Å². The van der Waals surface area contributed by atoms with Crippen LogP contribution in [0.15, 0.2) is 53.6 Å². The number of aryl methyl sites for hydroxylation is 1. The number of anilines is 1. The third-order valence-corrected chi connectivity index (χ3v) is 7.22. The van der Waals surface area contributed by atoms with Crippen LogP contribution in [-0.2, 0) is 18.4 Å². The van der Waals surface area contributed by atoms with Crippen LogP contribution in [-0.4, -0.2) is 62.4 Å². The Balaban J connectivity index is 1.46. The molecular formula is C28H30F2N6O3. The third kappa shape index (κ3) is 5.21. The molecule has 1 aliphatic rings. The molecule has 1 fully saturated rings. The van der Waals surface area contributed by atoms with Crippen molar-refractivity contribution in [2.45, 2.75) is 40.0 Å². The van der Waals surface area contributed by atoms with Gasteiger partial charge in [0.15, 0.2) is 0 Å². The molecule has 0 spiro atoms. The lowest BCUT2D eigenvalue weighted by Crippen LogP contribution is -2.53. The SMILES string of the molecule is CC(=O)N1CCN(c2ncc(-c3ccc4c(=O)n(C)n(Cc5cc(C)ccc5OC(F)F)c4c3)cn2)[C@H](C)C1. The molecule has 1 amide bonds. The highest BCUT2D eigenvalue weighted by Crippen LogP contribution is 2.27. The van der Waals surface area contributed by atoms with E-state index in [-0.39, 0.29) is 29.8 Å². The van der Waals surface area contributed by atoms with Crippen LogP contribution in [0.5, 0.6) is 5.75 Å². The minimum atomic E-state index is -2.95. The van der Waals surface area contributed by atoms with Crippen molar-refractivity contribution < 1.29 is 18.3 Å². The molecule has 39 heavy (non-hydrogen) atoms. The number of alkyl halides is 2. The first-order valence-corrected chi connectivity index (χ1v) is 12.7. The number of piperazine rings is 1. The van der Waals surface area contributed by atoms with Crippen LogP contribution in [0.3, 0.4) is 0 Å². The predicted molar refractivity (Wildman–Crippen MR) is 144 cm³/mol. The van der Waals surface area contributed by atoms with Crippen LogP contribution < -0.4 is 15.2 Å². The highest BCUT2D eigenvalue weighted by atomic mass is 19.3. The maximum absolute atomic E-state index is 13.0. The molecule has 2 aromatic carbocycles. The second-order valence-corrected chi connectivity index (χ2v) is 9.89. The summed E-state index contributed by atoms with van der Waals surface area (Å²) in [5.74, 6) is 0.731. The summed E-state index contributed by atoms with van der Waals surface area (Å²) in [5.41, 5.74) is 3.49. The second kappa shape index (κ2) is 10.5. The number of halogens is 2. The van der Waals surface area contributed by atoms with Crippen molar-refractivity contribution in [2.24, 2.45) is 7.05 Å². The maximum atomic E-state index is 13.0. The number of nitrogens with zero attached hydrogens (tertiary/aromatic N) is 6. The van der Waals surface area contributed by atoms with Gasteiger partial charge < -0.3 is 14.5 Å². The van der Waals surface area contributed by atoms with Crippen LogP contribution in [0.2, 0.25) is 0 Å². The normalized spacial score (nSPS) is 15.8. The van der Waals surface area contributed by atoms with Crippen molar-refractivity contribution >= 4 is 22.8 Å². The Morgan fingerprint density at radius 3 is 2.51 bits per heavy atom. The first kappa shape index (κ1) is 26.3. The van der Waals surface area contributed by atoms with Gasteiger partial charge in [-0.15, -0.1) is 0 Å². The van der Waals surface area contributed by atoms with Crippen molar-refractivity contribution in [2.75, 3.05) is 24.5 Å². The van der Waals surface area contributed by atoms with E-state index in [4.69, 9.17) is 4.74 Å². The number of hydrogen-bond acceptors (Lipinski definition) is 6. The molecule has 0 aliphatic carbocycles.